The molecule has 0 unspecified atom stereocenters. The third-order valence-corrected chi connectivity index (χ3v) is 3.68. The molecule has 0 radical (unpaired) electrons. The number of nitriles is 1. The zero-order chi connectivity index (χ0) is 12.8. The van der Waals surface area contributed by atoms with Crippen LogP contribution < -0.4 is 4.90 Å². The molecule has 0 atom stereocenters. The van der Waals surface area contributed by atoms with Crippen LogP contribution in [0.2, 0.25) is 0 Å². The second kappa shape index (κ2) is 3.63. The van der Waals surface area contributed by atoms with Gasteiger partial charge in [-0.05, 0) is 51.0 Å². The van der Waals surface area contributed by atoms with E-state index >= 15 is 0 Å². The van der Waals surface area contributed by atoms with Crippen molar-refractivity contribution in [3.8, 4) is 6.07 Å². The van der Waals surface area contributed by atoms with Crippen molar-refractivity contribution in [2.75, 3.05) is 11.9 Å². The summed E-state index contributed by atoms with van der Waals surface area (Å²) in [7, 11) is 2.10. The molecule has 1 aromatic rings. The molecule has 1 aliphatic heterocycles. The number of allylic oxidation sites excluding steroid dienone is 1. The number of hydrogen-bond acceptors (Lipinski definition) is 2. The van der Waals surface area contributed by atoms with Gasteiger partial charge in [-0.15, -0.1) is 0 Å². The van der Waals surface area contributed by atoms with Crippen LogP contribution in [0.1, 0.15) is 37.5 Å². The van der Waals surface area contributed by atoms with E-state index in [1.807, 2.05) is 13.0 Å². The highest BCUT2D eigenvalue weighted by molar-refractivity contribution is 5.82. The number of nitrogens with zero attached hydrogens (tertiary/aromatic N) is 2. The Morgan fingerprint density at radius 2 is 1.88 bits per heavy atom. The largest absolute Gasteiger partial charge is 0.365 e. The highest BCUT2D eigenvalue weighted by atomic mass is 15.2. The minimum atomic E-state index is 0.0255. The number of anilines is 1. The van der Waals surface area contributed by atoms with Crippen molar-refractivity contribution in [1.29, 1.82) is 5.26 Å². The highest BCUT2D eigenvalue weighted by Crippen LogP contribution is 2.38. The van der Waals surface area contributed by atoms with E-state index in [2.05, 4.69) is 50.9 Å². The maximum absolute atomic E-state index is 9.09. The fourth-order valence-corrected chi connectivity index (χ4v) is 2.42. The normalized spacial score (nSPS) is 17.2. The predicted octanol–water partition coefficient (Wildman–Crippen LogP) is 3.50. The average Bonchev–Trinajstić information content (AvgIpc) is 2.25. The van der Waals surface area contributed by atoms with Crippen molar-refractivity contribution in [1.82, 2.24) is 0 Å². The molecule has 0 aromatic heterocycles. The molecule has 1 aromatic carbocycles. The Kier molecular flexibility index (Phi) is 2.50. The molecule has 1 heterocycles. The van der Waals surface area contributed by atoms with Crippen LogP contribution in [-0.4, -0.2) is 12.6 Å². The molecule has 0 bridgehead atoms. The van der Waals surface area contributed by atoms with E-state index in [1.54, 1.807) is 0 Å². The molecule has 2 rings (SSSR count). The lowest BCUT2D eigenvalue weighted by Gasteiger charge is -2.40. The molecule has 0 aliphatic carbocycles. The average molecular weight is 226 g/mol. The molecule has 0 saturated heterocycles. The summed E-state index contributed by atoms with van der Waals surface area (Å²) in [5.74, 6) is 0. The summed E-state index contributed by atoms with van der Waals surface area (Å²) < 4.78 is 0. The van der Waals surface area contributed by atoms with Gasteiger partial charge >= 0.3 is 0 Å². The zero-order valence-electron chi connectivity index (χ0n) is 11.1. The van der Waals surface area contributed by atoms with Crippen molar-refractivity contribution in [2.45, 2.75) is 33.2 Å². The van der Waals surface area contributed by atoms with E-state index in [0.29, 0.717) is 0 Å². The van der Waals surface area contributed by atoms with Crippen molar-refractivity contribution < 1.29 is 0 Å². The van der Waals surface area contributed by atoms with E-state index < -0.39 is 0 Å². The minimum Gasteiger partial charge on any atom is -0.365 e. The monoisotopic (exact) mass is 226 g/mol. The van der Waals surface area contributed by atoms with Crippen LogP contribution in [0.5, 0.6) is 0 Å². The Labute approximate surface area is 103 Å². The Balaban J connectivity index is 2.71. The molecule has 0 saturated carbocycles. The Morgan fingerprint density at radius 1 is 1.24 bits per heavy atom. The van der Waals surface area contributed by atoms with Crippen LogP contribution in [0.4, 0.5) is 5.69 Å². The maximum atomic E-state index is 9.09. The molecule has 17 heavy (non-hydrogen) atoms. The Bertz CT molecular complexity index is 545. The van der Waals surface area contributed by atoms with Gasteiger partial charge in [-0.1, -0.05) is 6.08 Å². The van der Waals surface area contributed by atoms with Gasteiger partial charge < -0.3 is 4.90 Å². The molecule has 2 heteroatoms. The summed E-state index contributed by atoms with van der Waals surface area (Å²) in [6.07, 6.45) is 2.26. The third-order valence-electron chi connectivity index (χ3n) is 3.68. The first-order chi connectivity index (χ1) is 7.86. The quantitative estimate of drug-likeness (QED) is 0.677. The molecule has 0 fully saturated rings. The highest BCUT2D eigenvalue weighted by Gasteiger charge is 2.28. The van der Waals surface area contributed by atoms with Gasteiger partial charge in [0.1, 0.15) is 0 Å². The standard InChI is InChI=1S/C15H18N2/c1-10-6-14-13(7-12(10)9-16)11(2)8-15(3,4)17(14)5/h6-8H,1-5H3. The molecular weight excluding hydrogens is 208 g/mol. The molecule has 0 N–H and O–H groups in total. The summed E-state index contributed by atoms with van der Waals surface area (Å²) >= 11 is 0. The van der Waals surface area contributed by atoms with E-state index in [1.165, 1.54) is 16.8 Å². The summed E-state index contributed by atoms with van der Waals surface area (Å²) in [4.78, 5) is 2.27. The van der Waals surface area contributed by atoms with E-state index in [4.69, 9.17) is 5.26 Å². The van der Waals surface area contributed by atoms with Crippen LogP contribution in [0.15, 0.2) is 18.2 Å². The van der Waals surface area contributed by atoms with E-state index in [0.717, 1.165) is 11.1 Å². The second-order valence-corrected chi connectivity index (χ2v) is 5.34. The predicted molar refractivity (Wildman–Crippen MR) is 72.0 cm³/mol. The number of likely N-dealkylation sites (N-methyl/N-ethyl adjacent to an activating group) is 1. The van der Waals surface area contributed by atoms with E-state index in [9.17, 15) is 0 Å². The Hall–Kier alpha value is -1.75. The first kappa shape index (κ1) is 11.7. The first-order valence-electron chi connectivity index (χ1n) is 5.85. The third kappa shape index (κ3) is 1.72. The van der Waals surface area contributed by atoms with Gasteiger partial charge in [0.25, 0.3) is 0 Å². The smallest absolute Gasteiger partial charge is 0.0994 e. The van der Waals surface area contributed by atoms with Gasteiger partial charge in [-0.2, -0.15) is 5.26 Å². The fourth-order valence-electron chi connectivity index (χ4n) is 2.42. The minimum absolute atomic E-state index is 0.0255. The zero-order valence-corrected chi connectivity index (χ0v) is 11.1. The summed E-state index contributed by atoms with van der Waals surface area (Å²) in [6.45, 7) is 8.51. The molecule has 0 spiro atoms. The van der Waals surface area contributed by atoms with Gasteiger partial charge in [0.2, 0.25) is 0 Å². The van der Waals surface area contributed by atoms with Crippen molar-refractivity contribution in [3.05, 3.63) is 34.9 Å². The van der Waals surface area contributed by atoms with Crippen LogP contribution in [0.25, 0.3) is 5.57 Å². The van der Waals surface area contributed by atoms with E-state index in [-0.39, 0.29) is 5.54 Å². The lowest BCUT2D eigenvalue weighted by molar-refractivity contribution is 0.597. The summed E-state index contributed by atoms with van der Waals surface area (Å²) in [6, 6.07) is 6.38. The van der Waals surface area contributed by atoms with Crippen molar-refractivity contribution >= 4 is 11.3 Å². The molecular formula is C15H18N2. The molecule has 2 nitrogen and oxygen atoms in total. The topological polar surface area (TPSA) is 27.0 Å². The van der Waals surface area contributed by atoms with Crippen LogP contribution >= 0.6 is 0 Å². The second-order valence-electron chi connectivity index (χ2n) is 5.34. The number of aryl methyl sites for hydroxylation is 1. The van der Waals surface area contributed by atoms with Gasteiger partial charge in [-0.3, -0.25) is 0 Å². The van der Waals surface area contributed by atoms with Crippen molar-refractivity contribution in [3.63, 3.8) is 0 Å². The molecule has 1 aliphatic rings. The Morgan fingerprint density at radius 3 is 2.47 bits per heavy atom. The van der Waals surface area contributed by atoms with Gasteiger partial charge in [-0.25, -0.2) is 0 Å². The van der Waals surface area contributed by atoms with Crippen molar-refractivity contribution in [2.24, 2.45) is 0 Å². The molecule has 0 amide bonds. The van der Waals surface area contributed by atoms with Crippen LogP contribution in [0.3, 0.4) is 0 Å². The lowest BCUT2D eigenvalue weighted by Crippen LogP contribution is -2.42. The van der Waals surface area contributed by atoms with Crippen LogP contribution in [-0.2, 0) is 0 Å². The van der Waals surface area contributed by atoms with Gasteiger partial charge in [0.05, 0.1) is 17.2 Å². The summed E-state index contributed by atoms with van der Waals surface area (Å²) in [5.41, 5.74) is 5.48. The van der Waals surface area contributed by atoms with Crippen LogP contribution in [0, 0.1) is 18.3 Å². The number of fused-ring (bicyclic) bond motifs is 1. The summed E-state index contributed by atoms with van der Waals surface area (Å²) in [5, 5.41) is 9.09. The SMILES string of the molecule is CC1=CC(C)(C)N(C)c2cc(C)c(C#N)cc21. The first-order valence-corrected chi connectivity index (χ1v) is 5.85. The fraction of sp³-hybridized carbons (Fsp3) is 0.400. The number of hydrogen-bond donors (Lipinski definition) is 0. The van der Waals surface area contributed by atoms with Gasteiger partial charge in [0.15, 0.2) is 0 Å². The maximum Gasteiger partial charge on any atom is 0.0994 e. The lowest BCUT2D eigenvalue weighted by atomic mass is 9.87. The number of rotatable bonds is 0. The number of benzene rings is 1. The molecule has 88 valence electrons. The van der Waals surface area contributed by atoms with Gasteiger partial charge in [0, 0.05) is 18.3 Å².